The number of hydrogen-bond donors (Lipinski definition) is 1. The Balaban J connectivity index is 2.25. The number of rotatable bonds is 5. The fourth-order valence-corrected chi connectivity index (χ4v) is 1.82. The van der Waals surface area contributed by atoms with E-state index in [0.717, 1.165) is 30.0 Å². The summed E-state index contributed by atoms with van der Waals surface area (Å²) in [5.74, 6) is 0.597. The van der Waals surface area contributed by atoms with E-state index in [1.54, 1.807) is 10.7 Å². The molecule has 1 aromatic carbocycles. The fourth-order valence-electron chi connectivity index (χ4n) is 1.82. The van der Waals surface area contributed by atoms with Crippen LogP contribution in [0.4, 0.5) is 4.39 Å². The molecule has 2 rings (SSSR count). The molecule has 1 N–H and O–H groups in total. The van der Waals surface area contributed by atoms with Crippen molar-refractivity contribution in [2.24, 2.45) is 0 Å². The maximum absolute atomic E-state index is 13.1. The second-order valence-electron chi connectivity index (χ2n) is 4.20. The zero-order valence-corrected chi connectivity index (χ0v) is 10.7. The molecule has 18 heavy (non-hydrogen) atoms. The molecule has 0 saturated heterocycles. The highest BCUT2D eigenvalue weighted by Crippen LogP contribution is 2.15. The number of halogens is 1. The molecule has 0 aliphatic heterocycles. The first-order valence-electron chi connectivity index (χ1n) is 6.08. The van der Waals surface area contributed by atoms with Gasteiger partial charge < -0.3 is 5.32 Å². The van der Waals surface area contributed by atoms with Crippen molar-refractivity contribution < 1.29 is 4.39 Å². The van der Waals surface area contributed by atoms with Gasteiger partial charge in [-0.3, -0.25) is 0 Å². The first kappa shape index (κ1) is 12.7. The topological polar surface area (TPSA) is 42.7 Å². The highest BCUT2D eigenvalue weighted by atomic mass is 19.1. The van der Waals surface area contributed by atoms with Gasteiger partial charge in [-0.25, -0.2) is 14.1 Å². The van der Waals surface area contributed by atoms with Gasteiger partial charge >= 0.3 is 0 Å². The molecule has 0 bridgehead atoms. The third-order valence-corrected chi connectivity index (χ3v) is 2.72. The van der Waals surface area contributed by atoms with Crippen LogP contribution in [-0.4, -0.2) is 21.3 Å². The third kappa shape index (κ3) is 2.73. The molecule has 0 aliphatic rings. The zero-order chi connectivity index (χ0) is 13.0. The van der Waals surface area contributed by atoms with E-state index < -0.39 is 0 Å². The molecule has 0 fully saturated rings. The zero-order valence-electron chi connectivity index (χ0n) is 10.7. The average Bonchev–Trinajstić information content (AvgIpc) is 2.78. The number of benzene rings is 1. The summed E-state index contributed by atoms with van der Waals surface area (Å²) in [4.78, 5) is 4.22. The molecule has 5 heteroatoms. The average molecular weight is 248 g/mol. The molecule has 0 radical (unpaired) electrons. The smallest absolute Gasteiger partial charge is 0.146 e. The molecule has 0 unspecified atom stereocenters. The molecule has 0 amide bonds. The SMILES string of the molecule is CCCNCc1ncnn1-c1ccc(F)cc1C. The second kappa shape index (κ2) is 5.73. The van der Waals surface area contributed by atoms with Crippen LogP contribution in [0.5, 0.6) is 0 Å². The van der Waals surface area contributed by atoms with Gasteiger partial charge in [0.1, 0.15) is 18.0 Å². The van der Waals surface area contributed by atoms with Crippen LogP contribution in [0.3, 0.4) is 0 Å². The Hall–Kier alpha value is -1.75. The lowest BCUT2D eigenvalue weighted by Crippen LogP contribution is -2.18. The quantitative estimate of drug-likeness (QED) is 0.825. The van der Waals surface area contributed by atoms with Crippen molar-refractivity contribution in [1.82, 2.24) is 20.1 Å². The molecule has 0 saturated carbocycles. The van der Waals surface area contributed by atoms with Crippen LogP contribution in [-0.2, 0) is 6.54 Å². The molecule has 1 heterocycles. The van der Waals surface area contributed by atoms with Gasteiger partial charge in [-0.1, -0.05) is 6.92 Å². The molecule has 0 aliphatic carbocycles. The Morgan fingerprint density at radius 2 is 2.22 bits per heavy atom. The predicted octanol–water partition coefficient (Wildman–Crippen LogP) is 2.21. The Morgan fingerprint density at radius 3 is 2.94 bits per heavy atom. The standard InChI is InChI=1S/C13H17FN4/c1-3-6-15-8-13-16-9-17-18(13)12-5-4-11(14)7-10(12)2/h4-5,7,9,15H,3,6,8H2,1-2H3. The number of aromatic nitrogens is 3. The normalized spacial score (nSPS) is 10.8. The predicted molar refractivity (Wildman–Crippen MR) is 68.1 cm³/mol. The summed E-state index contributed by atoms with van der Waals surface area (Å²) in [5.41, 5.74) is 1.71. The maximum atomic E-state index is 13.1. The molecule has 1 aromatic heterocycles. The van der Waals surface area contributed by atoms with E-state index in [2.05, 4.69) is 22.3 Å². The van der Waals surface area contributed by atoms with E-state index >= 15 is 0 Å². The second-order valence-corrected chi connectivity index (χ2v) is 4.20. The molecule has 2 aromatic rings. The van der Waals surface area contributed by atoms with Crippen LogP contribution >= 0.6 is 0 Å². The minimum atomic E-state index is -0.234. The third-order valence-electron chi connectivity index (χ3n) is 2.72. The van der Waals surface area contributed by atoms with Crippen molar-refractivity contribution in [1.29, 1.82) is 0 Å². The molecular formula is C13H17FN4. The van der Waals surface area contributed by atoms with E-state index in [-0.39, 0.29) is 5.82 Å². The van der Waals surface area contributed by atoms with Crippen LogP contribution in [0, 0.1) is 12.7 Å². The summed E-state index contributed by atoms with van der Waals surface area (Å²) in [7, 11) is 0. The van der Waals surface area contributed by atoms with Crippen LogP contribution in [0.2, 0.25) is 0 Å². The van der Waals surface area contributed by atoms with E-state index in [4.69, 9.17) is 0 Å². The maximum Gasteiger partial charge on any atom is 0.146 e. The van der Waals surface area contributed by atoms with Gasteiger partial charge in [0, 0.05) is 0 Å². The summed E-state index contributed by atoms with van der Waals surface area (Å²) in [6, 6.07) is 4.66. The molecule has 0 spiro atoms. The van der Waals surface area contributed by atoms with Crippen molar-refractivity contribution in [3.05, 3.63) is 41.7 Å². The van der Waals surface area contributed by atoms with E-state index in [1.165, 1.54) is 18.5 Å². The first-order chi connectivity index (χ1) is 8.72. The van der Waals surface area contributed by atoms with Crippen LogP contribution in [0.1, 0.15) is 24.7 Å². The highest BCUT2D eigenvalue weighted by molar-refractivity contribution is 5.40. The summed E-state index contributed by atoms with van der Waals surface area (Å²) in [5, 5.41) is 7.48. The Kier molecular flexibility index (Phi) is 4.04. The van der Waals surface area contributed by atoms with Gasteiger partial charge in [0.15, 0.2) is 0 Å². The number of nitrogens with zero attached hydrogens (tertiary/aromatic N) is 3. The van der Waals surface area contributed by atoms with E-state index in [1.807, 2.05) is 6.92 Å². The molecular weight excluding hydrogens is 231 g/mol. The van der Waals surface area contributed by atoms with E-state index in [9.17, 15) is 4.39 Å². The molecule has 96 valence electrons. The van der Waals surface area contributed by atoms with Gasteiger partial charge in [0.05, 0.1) is 12.2 Å². The van der Waals surface area contributed by atoms with Crippen molar-refractivity contribution in [2.75, 3.05) is 6.54 Å². The van der Waals surface area contributed by atoms with Gasteiger partial charge in [0.25, 0.3) is 0 Å². The fraction of sp³-hybridized carbons (Fsp3) is 0.385. The summed E-state index contributed by atoms with van der Waals surface area (Å²) >= 11 is 0. The lowest BCUT2D eigenvalue weighted by molar-refractivity contribution is 0.620. The Bertz CT molecular complexity index is 521. The van der Waals surface area contributed by atoms with Gasteiger partial charge in [-0.05, 0) is 43.7 Å². The highest BCUT2D eigenvalue weighted by Gasteiger charge is 2.09. The largest absolute Gasteiger partial charge is 0.310 e. The molecule has 0 atom stereocenters. The molecule has 4 nitrogen and oxygen atoms in total. The van der Waals surface area contributed by atoms with Gasteiger partial charge in [-0.2, -0.15) is 5.10 Å². The summed E-state index contributed by atoms with van der Waals surface area (Å²) < 4.78 is 14.8. The van der Waals surface area contributed by atoms with Crippen LogP contribution in [0.25, 0.3) is 5.69 Å². The minimum absolute atomic E-state index is 0.234. The van der Waals surface area contributed by atoms with Crippen LogP contribution < -0.4 is 5.32 Å². The van der Waals surface area contributed by atoms with E-state index in [0.29, 0.717) is 6.54 Å². The monoisotopic (exact) mass is 248 g/mol. The Labute approximate surface area is 106 Å². The lowest BCUT2D eigenvalue weighted by atomic mass is 10.2. The summed E-state index contributed by atoms with van der Waals surface area (Å²) in [6.07, 6.45) is 2.59. The first-order valence-corrected chi connectivity index (χ1v) is 6.08. The van der Waals surface area contributed by atoms with Crippen molar-refractivity contribution in [3.63, 3.8) is 0 Å². The number of nitrogens with one attached hydrogen (secondary N) is 1. The van der Waals surface area contributed by atoms with Crippen molar-refractivity contribution >= 4 is 0 Å². The van der Waals surface area contributed by atoms with Gasteiger partial charge in [0.2, 0.25) is 0 Å². The Morgan fingerprint density at radius 1 is 1.39 bits per heavy atom. The summed E-state index contributed by atoms with van der Waals surface area (Å²) in [6.45, 7) is 5.57. The number of aryl methyl sites for hydroxylation is 1. The van der Waals surface area contributed by atoms with Gasteiger partial charge in [-0.15, -0.1) is 0 Å². The van der Waals surface area contributed by atoms with Crippen LogP contribution in [0.15, 0.2) is 24.5 Å². The lowest BCUT2D eigenvalue weighted by Gasteiger charge is -2.09. The van der Waals surface area contributed by atoms with Crippen molar-refractivity contribution in [2.45, 2.75) is 26.8 Å². The van der Waals surface area contributed by atoms with Crippen molar-refractivity contribution in [3.8, 4) is 5.69 Å². The number of hydrogen-bond acceptors (Lipinski definition) is 3. The minimum Gasteiger partial charge on any atom is -0.310 e.